The molecule has 0 spiro atoms. The van der Waals surface area contributed by atoms with Crippen LogP contribution < -0.4 is 14.4 Å². The third kappa shape index (κ3) is 5.88. The maximum absolute atomic E-state index is 13.5. The van der Waals surface area contributed by atoms with Gasteiger partial charge in [-0.1, -0.05) is 30.3 Å². The van der Waals surface area contributed by atoms with Crippen molar-refractivity contribution in [3.05, 3.63) is 103 Å². The van der Waals surface area contributed by atoms with Gasteiger partial charge in [0.05, 0.1) is 23.5 Å². The summed E-state index contributed by atoms with van der Waals surface area (Å²) in [5.41, 5.74) is 2.25. The lowest BCUT2D eigenvalue weighted by atomic mass is 10.2. The summed E-state index contributed by atoms with van der Waals surface area (Å²) >= 11 is 0. The summed E-state index contributed by atoms with van der Waals surface area (Å²) < 4.78 is 35.3. The van der Waals surface area contributed by atoms with Crippen molar-refractivity contribution >= 4 is 21.6 Å². The number of carbonyl (C=O) groups excluding carboxylic acids is 1. The first kappa shape index (κ1) is 24.0. The van der Waals surface area contributed by atoms with Gasteiger partial charge in [-0.3, -0.25) is 9.10 Å². The molecule has 0 bridgehead atoms. The zero-order valence-corrected chi connectivity index (χ0v) is 20.1. The van der Waals surface area contributed by atoms with Gasteiger partial charge in [0.25, 0.3) is 10.0 Å². The van der Waals surface area contributed by atoms with E-state index < -0.39 is 15.9 Å². The number of nitrogens with zero attached hydrogens (tertiary/aromatic N) is 3. The van der Waals surface area contributed by atoms with Gasteiger partial charge in [-0.25, -0.2) is 13.4 Å². The summed E-state index contributed by atoms with van der Waals surface area (Å²) in [7, 11) is -3.99. The number of hydrogen-bond acceptors (Lipinski definition) is 5. The largest absolute Gasteiger partial charge is 0.494 e. The third-order valence-electron chi connectivity index (χ3n) is 5.28. The number of rotatable bonds is 10. The van der Waals surface area contributed by atoms with Crippen LogP contribution in [0.2, 0.25) is 0 Å². The number of anilines is 1. The van der Waals surface area contributed by atoms with Crippen molar-refractivity contribution in [3.8, 4) is 11.4 Å². The summed E-state index contributed by atoms with van der Waals surface area (Å²) in [6.07, 6.45) is 5.26. The Morgan fingerprint density at radius 3 is 2.34 bits per heavy atom. The Morgan fingerprint density at radius 1 is 1.00 bits per heavy atom. The second-order valence-corrected chi connectivity index (χ2v) is 9.53. The lowest BCUT2D eigenvalue weighted by molar-refractivity contribution is -0.119. The van der Waals surface area contributed by atoms with Gasteiger partial charge in [-0.05, 0) is 61.0 Å². The molecule has 1 amide bonds. The van der Waals surface area contributed by atoms with Gasteiger partial charge in [-0.15, -0.1) is 0 Å². The lowest BCUT2D eigenvalue weighted by Crippen LogP contribution is -2.40. The number of carbonyl (C=O) groups is 1. The zero-order chi connectivity index (χ0) is 24.7. The molecule has 0 unspecified atom stereocenters. The molecule has 3 aromatic carbocycles. The predicted molar refractivity (Wildman–Crippen MR) is 134 cm³/mol. The molecule has 0 atom stereocenters. The highest BCUT2D eigenvalue weighted by Crippen LogP contribution is 2.25. The van der Waals surface area contributed by atoms with E-state index in [2.05, 4.69) is 10.3 Å². The van der Waals surface area contributed by atoms with E-state index in [4.69, 9.17) is 4.74 Å². The minimum atomic E-state index is -3.99. The first-order chi connectivity index (χ1) is 17.0. The van der Waals surface area contributed by atoms with E-state index in [9.17, 15) is 13.2 Å². The van der Waals surface area contributed by atoms with E-state index >= 15 is 0 Å². The predicted octanol–water partition coefficient (Wildman–Crippen LogP) is 3.78. The number of benzene rings is 3. The molecule has 0 aliphatic heterocycles. The minimum absolute atomic E-state index is 0.0766. The highest BCUT2D eigenvalue weighted by Gasteiger charge is 2.27. The molecule has 1 N–H and O–H groups in total. The number of aromatic nitrogens is 2. The van der Waals surface area contributed by atoms with Crippen LogP contribution >= 0.6 is 0 Å². The Bertz CT molecular complexity index is 1340. The second kappa shape index (κ2) is 10.9. The molecule has 0 fully saturated rings. The van der Waals surface area contributed by atoms with E-state index in [1.165, 1.54) is 12.1 Å². The average Bonchev–Trinajstić information content (AvgIpc) is 3.42. The molecule has 1 heterocycles. The minimum Gasteiger partial charge on any atom is -0.494 e. The maximum atomic E-state index is 13.5. The number of hydrogen-bond donors (Lipinski definition) is 1. The molecule has 4 aromatic rings. The topological polar surface area (TPSA) is 93.5 Å². The van der Waals surface area contributed by atoms with Gasteiger partial charge in [0.15, 0.2) is 0 Å². The van der Waals surface area contributed by atoms with Crippen molar-refractivity contribution in [2.75, 3.05) is 17.5 Å². The monoisotopic (exact) mass is 490 g/mol. The van der Waals surface area contributed by atoms with Crippen LogP contribution in [0.1, 0.15) is 12.5 Å². The van der Waals surface area contributed by atoms with Crippen molar-refractivity contribution in [3.63, 3.8) is 0 Å². The van der Waals surface area contributed by atoms with Crippen molar-refractivity contribution in [2.45, 2.75) is 18.4 Å². The number of nitrogens with one attached hydrogen (secondary N) is 1. The summed E-state index contributed by atoms with van der Waals surface area (Å²) in [4.78, 5) is 16.9. The molecule has 8 nitrogen and oxygen atoms in total. The van der Waals surface area contributed by atoms with Gasteiger partial charge < -0.3 is 14.6 Å². The fourth-order valence-electron chi connectivity index (χ4n) is 3.50. The van der Waals surface area contributed by atoms with E-state index in [-0.39, 0.29) is 18.0 Å². The fourth-order valence-corrected chi connectivity index (χ4v) is 4.92. The molecule has 35 heavy (non-hydrogen) atoms. The summed E-state index contributed by atoms with van der Waals surface area (Å²) in [5.74, 6) is 0.163. The first-order valence-electron chi connectivity index (χ1n) is 11.1. The molecule has 180 valence electrons. The van der Waals surface area contributed by atoms with Crippen LogP contribution in [-0.4, -0.2) is 37.0 Å². The smallest absolute Gasteiger partial charge is 0.264 e. The van der Waals surface area contributed by atoms with Gasteiger partial charge in [-0.2, -0.15) is 0 Å². The molecule has 0 saturated heterocycles. The molecular formula is C26H26N4O4S. The Labute approximate surface area is 204 Å². The lowest BCUT2D eigenvalue weighted by Gasteiger charge is -2.24. The Hall–Kier alpha value is -4.11. The molecule has 1 aromatic heterocycles. The Morgan fingerprint density at radius 2 is 1.71 bits per heavy atom. The van der Waals surface area contributed by atoms with Gasteiger partial charge in [0.1, 0.15) is 12.3 Å². The number of ether oxygens (including phenoxy) is 1. The van der Waals surface area contributed by atoms with Crippen LogP contribution in [-0.2, 0) is 21.4 Å². The Kier molecular flexibility index (Phi) is 7.47. The van der Waals surface area contributed by atoms with E-state index in [1.54, 1.807) is 55.0 Å². The van der Waals surface area contributed by atoms with E-state index in [0.29, 0.717) is 18.0 Å². The highest BCUT2D eigenvalue weighted by molar-refractivity contribution is 7.92. The van der Waals surface area contributed by atoms with Crippen LogP contribution in [0.3, 0.4) is 0 Å². The third-order valence-corrected chi connectivity index (χ3v) is 7.07. The van der Waals surface area contributed by atoms with Crippen molar-refractivity contribution in [1.29, 1.82) is 0 Å². The van der Waals surface area contributed by atoms with Crippen LogP contribution in [0.5, 0.6) is 5.75 Å². The first-order valence-corrected chi connectivity index (χ1v) is 12.6. The summed E-state index contributed by atoms with van der Waals surface area (Å²) in [6, 6.07) is 22.4. The van der Waals surface area contributed by atoms with E-state index in [0.717, 1.165) is 15.6 Å². The van der Waals surface area contributed by atoms with Crippen molar-refractivity contribution in [1.82, 2.24) is 14.9 Å². The van der Waals surface area contributed by atoms with Crippen molar-refractivity contribution in [2.24, 2.45) is 0 Å². The second-order valence-electron chi connectivity index (χ2n) is 7.66. The molecule has 0 saturated carbocycles. The average molecular weight is 491 g/mol. The van der Waals surface area contributed by atoms with Crippen LogP contribution in [0.25, 0.3) is 5.69 Å². The fraction of sp³-hybridized carbons (Fsp3) is 0.154. The van der Waals surface area contributed by atoms with Crippen LogP contribution in [0.15, 0.2) is 102 Å². The summed E-state index contributed by atoms with van der Waals surface area (Å²) in [5, 5.41) is 2.82. The van der Waals surface area contributed by atoms with Gasteiger partial charge >= 0.3 is 0 Å². The Balaban J connectivity index is 1.48. The number of sulfonamides is 1. The summed E-state index contributed by atoms with van der Waals surface area (Å²) in [6.45, 7) is 2.25. The van der Waals surface area contributed by atoms with Crippen LogP contribution in [0, 0.1) is 0 Å². The standard InChI is InChI=1S/C26H26N4O4S/c1-2-34-24-12-14-25(15-13-24)35(32,33)30(23-6-4-3-5-7-23)19-26(31)28-18-21-8-10-22(11-9-21)29-17-16-27-20-29/h3-17,20H,2,18-19H2,1H3,(H,28,31). The zero-order valence-electron chi connectivity index (χ0n) is 19.2. The molecule has 0 radical (unpaired) electrons. The SMILES string of the molecule is CCOc1ccc(S(=O)(=O)N(CC(=O)NCc2ccc(-n3ccnc3)cc2)c2ccccc2)cc1. The molecule has 9 heteroatoms. The number of imidazole rings is 1. The number of amides is 1. The maximum Gasteiger partial charge on any atom is 0.264 e. The van der Waals surface area contributed by atoms with Crippen LogP contribution in [0.4, 0.5) is 5.69 Å². The molecule has 4 rings (SSSR count). The van der Waals surface area contributed by atoms with E-state index in [1.807, 2.05) is 42.0 Å². The normalized spacial score (nSPS) is 11.1. The van der Waals surface area contributed by atoms with Gasteiger partial charge in [0.2, 0.25) is 5.91 Å². The molecule has 0 aliphatic carbocycles. The quantitative estimate of drug-likeness (QED) is 0.365. The molecular weight excluding hydrogens is 464 g/mol. The van der Waals surface area contributed by atoms with Crippen molar-refractivity contribution < 1.29 is 17.9 Å². The van der Waals surface area contributed by atoms with Gasteiger partial charge in [0, 0.05) is 24.6 Å². The number of para-hydroxylation sites is 1. The highest BCUT2D eigenvalue weighted by atomic mass is 32.2. The molecule has 0 aliphatic rings.